The maximum Gasteiger partial charge on any atom is 0.241 e. The number of imide groups is 1. The number of nitrogens with zero attached hydrogens (tertiary/aromatic N) is 4. The van der Waals surface area contributed by atoms with Gasteiger partial charge < -0.3 is 25.0 Å². The average Bonchev–Trinajstić information content (AvgIpc) is 3.11. The third kappa shape index (κ3) is 8.51. The first-order chi connectivity index (χ1) is 24.2. The first-order valence-corrected chi connectivity index (χ1v) is 17.6. The Morgan fingerprint density at radius 1 is 1.04 bits per heavy atom. The van der Waals surface area contributed by atoms with Crippen molar-refractivity contribution in [3.63, 3.8) is 0 Å². The molecule has 3 aromatic carbocycles. The molecule has 0 radical (unpaired) electrons. The molecule has 6 rings (SSSR count). The smallest absolute Gasteiger partial charge is 0.241 e. The molecule has 0 saturated carbocycles. The van der Waals surface area contributed by atoms with Crippen LogP contribution in [0.3, 0.4) is 0 Å². The summed E-state index contributed by atoms with van der Waals surface area (Å²) in [7, 11) is 1.63. The molecule has 1 aromatic heterocycles. The molecule has 3 heterocycles. The average molecular weight is 745 g/mol. The van der Waals surface area contributed by atoms with E-state index in [1.54, 1.807) is 7.11 Å². The van der Waals surface area contributed by atoms with E-state index in [4.69, 9.17) is 14.5 Å². The van der Waals surface area contributed by atoms with Gasteiger partial charge in [0.1, 0.15) is 18.2 Å². The number of methoxy groups -OCH3 is 1. The normalized spacial score (nSPS) is 17.3. The van der Waals surface area contributed by atoms with Crippen molar-refractivity contribution >= 4 is 56.1 Å². The quantitative estimate of drug-likeness (QED) is 0.169. The van der Waals surface area contributed by atoms with Gasteiger partial charge in [-0.2, -0.15) is 0 Å². The van der Waals surface area contributed by atoms with Gasteiger partial charge >= 0.3 is 0 Å². The van der Waals surface area contributed by atoms with Crippen LogP contribution in [0.5, 0.6) is 11.5 Å². The van der Waals surface area contributed by atoms with Gasteiger partial charge in [-0.05, 0) is 61.7 Å². The molecule has 2 aliphatic heterocycles. The fraction of sp³-hybridized carbons (Fsp3) is 0.378. The van der Waals surface area contributed by atoms with Crippen molar-refractivity contribution in [2.24, 2.45) is 0 Å². The molecule has 50 heavy (non-hydrogen) atoms. The number of hydrogen-bond acceptors (Lipinski definition) is 10. The maximum atomic E-state index is 12.9. The minimum Gasteiger partial charge on any atom is -0.493 e. The second-order valence-electron chi connectivity index (χ2n) is 12.6. The van der Waals surface area contributed by atoms with Crippen LogP contribution in [0.1, 0.15) is 48.7 Å². The summed E-state index contributed by atoms with van der Waals surface area (Å²) in [4.78, 5) is 50.1. The lowest BCUT2D eigenvalue weighted by Gasteiger charge is -2.34. The lowest BCUT2D eigenvalue weighted by atomic mass is 9.90. The third-order valence-electron chi connectivity index (χ3n) is 9.18. The van der Waals surface area contributed by atoms with Gasteiger partial charge in [0.2, 0.25) is 17.7 Å². The fourth-order valence-corrected chi connectivity index (χ4v) is 6.76. The number of piperazine rings is 1. The molecule has 2 atom stereocenters. The number of anilines is 2. The molecule has 0 spiro atoms. The van der Waals surface area contributed by atoms with Gasteiger partial charge in [0.25, 0.3) is 0 Å². The van der Waals surface area contributed by atoms with Crippen molar-refractivity contribution in [2.45, 2.75) is 38.6 Å². The Morgan fingerprint density at radius 2 is 1.82 bits per heavy atom. The van der Waals surface area contributed by atoms with Gasteiger partial charge in [0, 0.05) is 60.8 Å². The highest BCUT2D eigenvalue weighted by Crippen LogP contribution is 2.35. The van der Waals surface area contributed by atoms with Crippen molar-refractivity contribution in [2.75, 3.05) is 63.6 Å². The monoisotopic (exact) mass is 743 g/mol. The Kier molecular flexibility index (Phi) is 11.1. The van der Waals surface area contributed by atoms with E-state index >= 15 is 0 Å². The van der Waals surface area contributed by atoms with Gasteiger partial charge in [-0.15, -0.1) is 0 Å². The lowest BCUT2D eigenvalue weighted by molar-refractivity contribution is -0.134. The molecule has 13 heteroatoms. The van der Waals surface area contributed by atoms with E-state index in [2.05, 4.69) is 60.8 Å². The number of rotatable bonds is 12. The number of aryl methyl sites for hydroxylation is 1. The van der Waals surface area contributed by atoms with E-state index in [0.717, 1.165) is 51.1 Å². The molecular weight excluding hydrogens is 702 g/mol. The lowest BCUT2D eigenvalue weighted by Crippen LogP contribution is -2.50. The number of nitrogens with one attached hydrogen (secondary N) is 3. The summed E-state index contributed by atoms with van der Waals surface area (Å²) in [6.07, 6.45) is 0.848. The number of piperidine rings is 1. The van der Waals surface area contributed by atoms with Crippen LogP contribution in [0.2, 0.25) is 0 Å². The molecule has 3 N–H and O–H groups in total. The van der Waals surface area contributed by atoms with Crippen molar-refractivity contribution < 1.29 is 23.9 Å². The molecule has 2 aliphatic rings. The Balaban J connectivity index is 0.976. The summed E-state index contributed by atoms with van der Waals surface area (Å²) in [5.74, 6) is 1.84. The highest BCUT2D eigenvalue weighted by Gasteiger charge is 2.28. The van der Waals surface area contributed by atoms with Crippen LogP contribution >= 0.6 is 15.9 Å². The second-order valence-corrected chi connectivity index (χ2v) is 13.5. The highest BCUT2D eigenvalue weighted by molar-refractivity contribution is 9.10. The first kappa shape index (κ1) is 35.1. The van der Waals surface area contributed by atoms with Crippen molar-refractivity contribution in [3.8, 4) is 11.5 Å². The first-order valence-electron chi connectivity index (χ1n) is 16.9. The Morgan fingerprint density at radius 3 is 2.54 bits per heavy atom. The number of hydrogen-bond donors (Lipinski definition) is 3. The molecule has 0 aliphatic carbocycles. The highest BCUT2D eigenvalue weighted by atomic mass is 79.9. The zero-order chi connectivity index (χ0) is 35.2. The molecule has 1 unspecified atom stereocenters. The number of carbonyl (C=O) groups is 3. The van der Waals surface area contributed by atoms with E-state index in [0.29, 0.717) is 56.4 Å². The molecule has 262 valence electrons. The molecule has 4 aromatic rings. The summed E-state index contributed by atoms with van der Waals surface area (Å²) in [5.41, 5.74) is 3.56. The largest absolute Gasteiger partial charge is 0.493 e. The Bertz CT molecular complexity index is 1860. The predicted octanol–water partition coefficient (Wildman–Crippen LogP) is 5.04. The summed E-state index contributed by atoms with van der Waals surface area (Å²) < 4.78 is 13.0. The van der Waals surface area contributed by atoms with Crippen molar-refractivity contribution in [3.05, 3.63) is 82.1 Å². The van der Waals surface area contributed by atoms with Gasteiger partial charge in [0.15, 0.2) is 11.5 Å². The van der Waals surface area contributed by atoms with Crippen molar-refractivity contribution in [1.82, 2.24) is 25.1 Å². The zero-order valence-corrected chi connectivity index (χ0v) is 30.1. The van der Waals surface area contributed by atoms with Gasteiger partial charge in [0.05, 0.1) is 31.1 Å². The number of amides is 3. The standard InChI is InChI=1S/C37H42BrN7O5/c1-23(26-5-4-6-27(38)19-26)40-36-30-20-32(49-3)33(21-31(30)41-24(2)42-36)50-18-17-44-13-15-45(16-14-44)35(47)22-39-28-9-7-25(8-10-28)29-11-12-34(46)43-37(29)48/h4-10,19-21,23,29,39H,11-18,22H2,1-3H3,(H,40,41,42)(H,43,46,48)/t23-,29?/m1/s1. The van der Waals surface area contributed by atoms with Crippen LogP contribution in [0.4, 0.5) is 11.5 Å². The fourth-order valence-electron chi connectivity index (χ4n) is 6.34. The van der Waals surface area contributed by atoms with Crippen LogP contribution < -0.4 is 25.4 Å². The van der Waals surface area contributed by atoms with Crippen LogP contribution in [-0.4, -0.2) is 90.5 Å². The zero-order valence-electron chi connectivity index (χ0n) is 28.5. The van der Waals surface area contributed by atoms with Crippen LogP contribution in [0, 0.1) is 6.92 Å². The van der Waals surface area contributed by atoms with E-state index in [9.17, 15) is 14.4 Å². The number of benzene rings is 3. The number of ether oxygens (including phenoxy) is 2. The number of carbonyl (C=O) groups excluding carboxylic acids is 3. The molecule has 0 bridgehead atoms. The van der Waals surface area contributed by atoms with Gasteiger partial charge in [-0.25, -0.2) is 9.97 Å². The predicted molar refractivity (Wildman–Crippen MR) is 196 cm³/mol. The minimum atomic E-state index is -0.327. The molecule has 3 amide bonds. The summed E-state index contributed by atoms with van der Waals surface area (Å²) >= 11 is 3.56. The summed E-state index contributed by atoms with van der Waals surface area (Å²) in [5, 5.41) is 9.98. The van der Waals surface area contributed by atoms with Crippen molar-refractivity contribution in [1.29, 1.82) is 0 Å². The minimum absolute atomic E-state index is 0.0184. The van der Waals surface area contributed by atoms with Gasteiger partial charge in [-0.1, -0.05) is 40.2 Å². The molecule has 2 fully saturated rings. The number of fused-ring (bicyclic) bond motifs is 1. The molecule has 12 nitrogen and oxygen atoms in total. The summed E-state index contributed by atoms with van der Waals surface area (Å²) in [6, 6.07) is 19.5. The van der Waals surface area contributed by atoms with Crippen LogP contribution in [0.15, 0.2) is 65.1 Å². The molecular formula is C37H42BrN7O5. The summed E-state index contributed by atoms with van der Waals surface area (Å²) in [6.45, 7) is 8.11. The van der Waals surface area contributed by atoms with E-state index in [1.165, 1.54) is 0 Å². The van der Waals surface area contributed by atoms with Gasteiger partial charge in [-0.3, -0.25) is 24.6 Å². The Labute approximate surface area is 300 Å². The topological polar surface area (TPSA) is 138 Å². The number of aromatic nitrogens is 2. The van der Waals surface area contributed by atoms with Crippen LogP contribution in [0.25, 0.3) is 10.9 Å². The van der Waals surface area contributed by atoms with E-state index < -0.39 is 0 Å². The van der Waals surface area contributed by atoms with Crippen LogP contribution in [-0.2, 0) is 14.4 Å². The second kappa shape index (κ2) is 15.9. The van der Waals surface area contributed by atoms with E-state index in [1.807, 2.05) is 60.4 Å². The molecule has 2 saturated heterocycles. The maximum absolute atomic E-state index is 12.9. The Hall–Kier alpha value is -4.75. The SMILES string of the molecule is COc1cc2c(N[C@H](C)c3cccc(Br)c3)nc(C)nc2cc1OCCN1CCN(C(=O)CNc2ccc(C3CCC(=O)NC3=O)cc2)CC1. The third-order valence-corrected chi connectivity index (χ3v) is 9.67. The van der Waals surface area contributed by atoms with E-state index in [-0.39, 0.29) is 36.2 Å². The number of halogens is 1.